The number of aromatic nitrogens is 1. The minimum atomic E-state index is 0.162. The van der Waals surface area contributed by atoms with E-state index in [4.69, 9.17) is 5.84 Å². The fourth-order valence-electron chi connectivity index (χ4n) is 1.42. The van der Waals surface area contributed by atoms with Crippen LogP contribution in [0.1, 0.15) is 37.1 Å². The van der Waals surface area contributed by atoms with Gasteiger partial charge in [-0.3, -0.25) is 16.3 Å². The molecule has 0 aliphatic heterocycles. The second-order valence-electron chi connectivity index (χ2n) is 3.95. The molecule has 1 unspecified atom stereocenters. The molecule has 1 heterocycles. The molecule has 0 fully saturated rings. The molecular formula is C12H19N3. The number of rotatable bonds is 5. The molecule has 15 heavy (non-hydrogen) atoms. The summed E-state index contributed by atoms with van der Waals surface area (Å²) in [5, 5.41) is 0. The van der Waals surface area contributed by atoms with Gasteiger partial charge in [0.25, 0.3) is 0 Å². The van der Waals surface area contributed by atoms with Crippen LogP contribution >= 0.6 is 0 Å². The fourth-order valence-corrected chi connectivity index (χ4v) is 1.42. The lowest BCUT2D eigenvalue weighted by molar-refractivity contribution is 0.514. The highest BCUT2D eigenvalue weighted by atomic mass is 15.2. The number of nitrogens with zero attached hydrogens (tertiary/aromatic N) is 1. The van der Waals surface area contributed by atoms with Crippen LogP contribution < -0.4 is 11.3 Å². The van der Waals surface area contributed by atoms with Crippen molar-refractivity contribution in [2.24, 2.45) is 5.84 Å². The molecule has 1 aromatic rings. The second kappa shape index (κ2) is 5.63. The Kier molecular flexibility index (Phi) is 4.46. The van der Waals surface area contributed by atoms with Gasteiger partial charge < -0.3 is 0 Å². The summed E-state index contributed by atoms with van der Waals surface area (Å²) in [7, 11) is 0. The molecule has 0 aliphatic rings. The minimum Gasteiger partial charge on any atom is -0.271 e. The van der Waals surface area contributed by atoms with Crippen molar-refractivity contribution in [3.63, 3.8) is 0 Å². The Morgan fingerprint density at radius 1 is 1.60 bits per heavy atom. The molecule has 0 saturated heterocycles. The third-order valence-electron chi connectivity index (χ3n) is 2.40. The number of nitrogens with one attached hydrogen (secondary N) is 1. The van der Waals surface area contributed by atoms with Crippen LogP contribution in [0.25, 0.3) is 0 Å². The lowest BCUT2D eigenvalue weighted by Gasteiger charge is -2.15. The Bertz CT molecular complexity index is 316. The van der Waals surface area contributed by atoms with Gasteiger partial charge in [-0.15, -0.1) is 6.58 Å². The summed E-state index contributed by atoms with van der Waals surface area (Å²) in [4.78, 5) is 4.26. The van der Waals surface area contributed by atoms with Crippen molar-refractivity contribution in [2.45, 2.75) is 32.7 Å². The Morgan fingerprint density at radius 3 is 2.80 bits per heavy atom. The van der Waals surface area contributed by atoms with Crippen molar-refractivity contribution in [3.05, 3.63) is 41.7 Å². The molecule has 0 spiro atoms. The number of aryl methyl sites for hydroxylation is 1. The van der Waals surface area contributed by atoms with Gasteiger partial charge in [-0.25, -0.2) is 0 Å². The van der Waals surface area contributed by atoms with Crippen molar-refractivity contribution < 1.29 is 0 Å². The third-order valence-corrected chi connectivity index (χ3v) is 2.40. The van der Waals surface area contributed by atoms with E-state index in [1.54, 1.807) is 0 Å². The molecule has 0 bridgehead atoms. The van der Waals surface area contributed by atoms with Crippen molar-refractivity contribution in [1.29, 1.82) is 0 Å². The molecule has 3 heteroatoms. The second-order valence-corrected chi connectivity index (χ2v) is 3.95. The molecule has 1 atom stereocenters. The number of hydrogen-bond acceptors (Lipinski definition) is 3. The largest absolute Gasteiger partial charge is 0.271 e. The van der Waals surface area contributed by atoms with Crippen molar-refractivity contribution in [1.82, 2.24) is 10.4 Å². The maximum Gasteiger partial charge on any atom is 0.0478 e. The van der Waals surface area contributed by atoms with Crippen LogP contribution in [-0.4, -0.2) is 4.98 Å². The lowest BCUT2D eigenvalue weighted by Crippen LogP contribution is -2.28. The normalized spacial score (nSPS) is 12.5. The van der Waals surface area contributed by atoms with E-state index in [9.17, 15) is 0 Å². The topological polar surface area (TPSA) is 50.9 Å². The SMILES string of the molecule is C=C(C)CCC(NN)c1ccc(C)nc1. The third kappa shape index (κ3) is 3.81. The van der Waals surface area contributed by atoms with Gasteiger partial charge in [0.1, 0.15) is 0 Å². The molecular weight excluding hydrogens is 186 g/mol. The maximum absolute atomic E-state index is 5.52. The quantitative estimate of drug-likeness (QED) is 0.440. The van der Waals surface area contributed by atoms with Gasteiger partial charge in [-0.1, -0.05) is 11.6 Å². The zero-order valence-electron chi connectivity index (χ0n) is 9.46. The van der Waals surface area contributed by atoms with Gasteiger partial charge in [0, 0.05) is 17.9 Å². The first-order valence-electron chi connectivity index (χ1n) is 5.16. The van der Waals surface area contributed by atoms with Gasteiger partial charge in [0.15, 0.2) is 0 Å². The molecule has 0 aliphatic carbocycles. The van der Waals surface area contributed by atoms with Crippen molar-refractivity contribution >= 4 is 0 Å². The van der Waals surface area contributed by atoms with Crippen LogP contribution in [0.5, 0.6) is 0 Å². The summed E-state index contributed by atoms with van der Waals surface area (Å²) >= 11 is 0. The van der Waals surface area contributed by atoms with Crippen LogP contribution in [0.3, 0.4) is 0 Å². The van der Waals surface area contributed by atoms with Crippen LogP contribution in [0.4, 0.5) is 0 Å². The average Bonchev–Trinajstić information content (AvgIpc) is 2.21. The fraction of sp³-hybridized carbons (Fsp3) is 0.417. The highest BCUT2D eigenvalue weighted by molar-refractivity contribution is 5.17. The number of hydrogen-bond donors (Lipinski definition) is 2. The van der Waals surface area contributed by atoms with E-state index in [1.165, 1.54) is 5.57 Å². The highest BCUT2D eigenvalue weighted by Gasteiger charge is 2.09. The Labute approximate surface area is 91.4 Å². The predicted octanol–water partition coefficient (Wildman–Crippen LogP) is 2.25. The molecule has 82 valence electrons. The van der Waals surface area contributed by atoms with Crippen LogP contribution in [0.2, 0.25) is 0 Å². The molecule has 1 rings (SSSR count). The van der Waals surface area contributed by atoms with Crippen molar-refractivity contribution in [2.75, 3.05) is 0 Å². The smallest absolute Gasteiger partial charge is 0.0478 e. The van der Waals surface area contributed by atoms with E-state index >= 15 is 0 Å². The summed E-state index contributed by atoms with van der Waals surface area (Å²) in [6, 6.07) is 4.22. The molecule has 3 N–H and O–H groups in total. The Morgan fingerprint density at radius 2 is 2.33 bits per heavy atom. The van der Waals surface area contributed by atoms with E-state index < -0.39 is 0 Å². The average molecular weight is 205 g/mol. The summed E-state index contributed by atoms with van der Waals surface area (Å²) in [5.74, 6) is 5.52. The van der Waals surface area contributed by atoms with E-state index in [2.05, 4.69) is 23.1 Å². The minimum absolute atomic E-state index is 0.162. The first-order chi connectivity index (χ1) is 7.13. The summed E-state index contributed by atoms with van der Waals surface area (Å²) in [6.07, 6.45) is 3.80. The maximum atomic E-state index is 5.52. The van der Waals surface area contributed by atoms with Gasteiger partial charge in [0.05, 0.1) is 0 Å². The van der Waals surface area contributed by atoms with Gasteiger partial charge >= 0.3 is 0 Å². The first kappa shape index (κ1) is 11.9. The predicted molar refractivity (Wildman–Crippen MR) is 63.1 cm³/mol. The monoisotopic (exact) mass is 205 g/mol. The van der Waals surface area contributed by atoms with Gasteiger partial charge in [-0.2, -0.15) is 0 Å². The summed E-state index contributed by atoms with van der Waals surface area (Å²) < 4.78 is 0. The number of nitrogens with two attached hydrogens (primary N) is 1. The van der Waals surface area contributed by atoms with Gasteiger partial charge in [-0.05, 0) is 38.3 Å². The number of allylic oxidation sites excluding steroid dienone is 1. The van der Waals surface area contributed by atoms with Gasteiger partial charge in [0.2, 0.25) is 0 Å². The Hall–Kier alpha value is -1.19. The van der Waals surface area contributed by atoms with E-state index in [0.717, 1.165) is 24.1 Å². The standard InChI is InChI=1S/C12H19N3/c1-9(2)4-7-12(15-13)11-6-5-10(3)14-8-11/h5-6,8,12,15H,1,4,7,13H2,2-3H3. The van der Waals surface area contributed by atoms with E-state index in [-0.39, 0.29) is 6.04 Å². The molecule has 0 aromatic carbocycles. The number of pyridine rings is 1. The molecule has 0 radical (unpaired) electrons. The van der Waals surface area contributed by atoms with E-state index in [1.807, 2.05) is 26.1 Å². The first-order valence-corrected chi connectivity index (χ1v) is 5.16. The summed E-state index contributed by atoms with van der Waals surface area (Å²) in [6.45, 7) is 7.89. The molecule has 0 amide bonds. The molecule has 1 aromatic heterocycles. The number of hydrazine groups is 1. The molecule has 3 nitrogen and oxygen atoms in total. The Balaban J connectivity index is 2.65. The summed E-state index contributed by atoms with van der Waals surface area (Å²) in [5.41, 5.74) is 6.14. The molecule has 0 saturated carbocycles. The lowest BCUT2D eigenvalue weighted by atomic mass is 10.0. The van der Waals surface area contributed by atoms with Crippen molar-refractivity contribution in [3.8, 4) is 0 Å². The van der Waals surface area contributed by atoms with E-state index in [0.29, 0.717) is 0 Å². The highest BCUT2D eigenvalue weighted by Crippen LogP contribution is 2.18. The van der Waals surface area contributed by atoms with Crippen LogP contribution in [0, 0.1) is 6.92 Å². The van der Waals surface area contributed by atoms with Crippen LogP contribution in [-0.2, 0) is 0 Å². The van der Waals surface area contributed by atoms with Crippen LogP contribution in [0.15, 0.2) is 30.5 Å². The zero-order valence-corrected chi connectivity index (χ0v) is 9.46. The zero-order chi connectivity index (χ0) is 11.3.